The Balaban J connectivity index is 1.40. The third kappa shape index (κ3) is 3.00. The van der Waals surface area contributed by atoms with Crippen LogP contribution in [0.5, 0.6) is 0 Å². The van der Waals surface area contributed by atoms with Crippen molar-refractivity contribution in [1.82, 2.24) is 24.3 Å². The first-order valence-corrected chi connectivity index (χ1v) is 8.96. The Morgan fingerprint density at radius 1 is 1.20 bits per heavy atom. The van der Waals surface area contributed by atoms with E-state index >= 15 is 0 Å². The molecular weight excluding hydrogens is 338 g/mol. The van der Waals surface area contributed by atoms with Crippen LogP contribution in [0.4, 0.5) is 0 Å². The summed E-state index contributed by atoms with van der Waals surface area (Å²) in [5.41, 5.74) is 1.75. The van der Waals surface area contributed by atoms with E-state index in [2.05, 4.69) is 15.2 Å². The van der Waals surface area contributed by atoms with Crippen LogP contribution in [0.1, 0.15) is 6.42 Å². The van der Waals surface area contributed by atoms with Crippen LogP contribution in [0.15, 0.2) is 57.0 Å². The summed E-state index contributed by atoms with van der Waals surface area (Å²) in [4.78, 5) is 14.9. The summed E-state index contributed by atoms with van der Waals surface area (Å²) < 4.78 is 9.06. The van der Waals surface area contributed by atoms with E-state index in [4.69, 9.17) is 4.42 Å². The van der Waals surface area contributed by atoms with Crippen LogP contribution < -0.4 is 5.69 Å². The van der Waals surface area contributed by atoms with E-state index in [9.17, 15) is 4.79 Å². The van der Waals surface area contributed by atoms with Gasteiger partial charge in [0.15, 0.2) is 16.7 Å². The summed E-state index contributed by atoms with van der Waals surface area (Å²) in [6, 6.07) is 11.4. The van der Waals surface area contributed by atoms with Gasteiger partial charge in [0, 0.05) is 19.3 Å². The Hall–Kier alpha value is -2.74. The topological polar surface area (TPSA) is 81.6 Å². The first-order valence-electron chi connectivity index (χ1n) is 7.97. The summed E-state index contributed by atoms with van der Waals surface area (Å²) >= 11 is 1.62. The number of H-pyrrole nitrogens is 1. The molecule has 3 heterocycles. The Bertz CT molecular complexity index is 1040. The maximum absolute atomic E-state index is 12.1. The largest absolute Gasteiger partial charge is 0.461 e. The molecule has 8 heteroatoms. The van der Waals surface area contributed by atoms with Crippen molar-refractivity contribution >= 4 is 22.8 Å². The lowest BCUT2D eigenvalue weighted by atomic mass is 10.3. The molecule has 0 saturated heterocycles. The molecule has 4 aromatic rings. The molecule has 0 amide bonds. The molecule has 1 N–H and O–H groups in total. The molecule has 3 aromatic heterocycles. The van der Waals surface area contributed by atoms with Gasteiger partial charge in [-0.3, -0.25) is 4.57 Å². The van der Waals surface area contributed by atoms with Crippen LogP contribution in [-0.2, 0) is 13.6 Å². The number of aromatic nitrogens is 5. The molecule has 7 nitrogen and oxygen atoms in total. The summed E-state index contributed by atoms with van der Waals surface area (Å²) in [5.74, 6) is 2.25. The Morgan fingerprint density at radius 3 is 2.92 bits per heavy atom. The zero-order valence-electron chi connectivity index (χ0n) is 13.7. The van der Waals surface area contributed by atoms with Gasteiger partial charge in [-0.1, -0.05) is 23.9 Å². The highest BCUT2D eigenvalue weighted by Gasteiger charge is 2.13. The molecule has 0 saturated carbocycles. The van der Waals surface area contributed by atoms with E-state index in [1.165, 1.54) is 0 Å². The lowest BCUT2D eigenvalue weighted by molar-refractivity contribution is 0.572. The van der Waals surface area contributed by atoms with Crippen LogP contribution in [0.2, 0.25) is 0 Å². The number of aromatic amines is 1. The van der Waals surface area contributed by atoms with E-state index in [0.717, 1.165) is 28.4 Å². The number of fused-ring (bicyclic) bond motifs is 1. The fraction of sp³-hybridized carbons (Fsp3) is 0.235. The van der Waals surface area contributed by atoms with Gasteiger partial charge in [0.25, 0.3) is 0 Å². The number of rotatable bonds is 6. The highest BCUT2D eigenvalue weighted by molar-refractivity contribution is 7.99. The summed E-state index contributed by atoms with van der Waals surface area (Å²) in [7, 11) is 1.92. The third-order valence-electron chi connectivity index (χ3n) is 4.02. The van der Waals surface area contributed by atoms with Crippen LogP contribution >= 0.6 is 11.8 Å². The molecular formula is C17H17N5O2S. The minimum absolute atomic E-state index is 0.0648. The number of hydrogen-bond acceptors (Lipinski definition) is 5. The van der Waals surface area contributed by atoms with Crippen molar-refractivity contribution in [2.24, 2.45) is 7.05 Å². The molecule has 0 radical (unpaired) electrons. The molecule has 25 heavy (non-hydrogen) atoms. The third-order valence-corrected chi connectivity index (χ3v) is 5.12. The zero-order valence-corrected chi connectivity index (χ0v) is 14.5. The van der Waals surface area contributed by atoms with Gasteiger partial charge in [-0.2, -0.15) is 0 Å². The molecule has 0 atom stereocenters. The van der Waals surface area contributed by atoms with Gasteiger partial charge in [-0.15, -0.1) is 10.2 Å². The van der Waals surface area contributed by atoms with Crippen LogP contribution in [0, 0.1) is 0 Å². The first kappa shape index (κ1) is 15.8. The van der Waals surface area contributed by atoms with Gasteiger partial charge in [0.2, 0.25) is 0 Å². The SMILES string of the molecule is Cn1c(SCCCn2c(=O)[nH]c3ccccc32)nnc1-c1ccco1. The number of nitrogens with one attached hydrogen (secondary N) is 1. The Labute approximate surface area is 147 Å². The molecule has 0 aliphatic rings. The van der Waals surface area contributed by atoms with Crippen molar-refractivity contribution in [1.29, 1.82) is 0 Å². The van der Waals surface area contributed by atoms with E-state index in [-0.39, 0.29) is 5.69 Å². The Kier molecular flexibility index (Phi) is 4.19. The molecule has 0 aliphatic heterocycles. The lowest BCUT2D eigenvalue weighted by Crippen LogP contribution is -2.17. The van der Waals surface area contributed by atoms with Crippen molar-refractivity contribution in [3.05, 3.63) is 53.1 Å². The summed E-state index contributed by atoms with van der Waals surface area (Å²) in [6.07, 6.45) is 2.48. The number of hydrogen-bond donors (Lipinski definition) is 1. The lowest BCUT2D eigenvalue weighted by Gasteiger charge is -2.04. The number of benzene rings is 1. The van der Waals surface area contributed by atoms with E-state index in [0.29, 0.717) is 18.1 Å². The first-order chi connectivity index (χ1) is 12.2. The quantitative estimate of drug-likeness (QED) is 0.425. The Morgan fingerprint density at radius 2 is 2.08 bits per heavy atom. The molecule has 1 aromatic carbocycles. The maximum atomic E-state index is 12.1. The minimum Gasteiger partial charge on any atom is -0.461 e. The predicted molar refractivity (Wildman–Crippen MR) is 96.6 cm³/mol. The maximum Gasteiger partial charge on any atom is 0.326 e. The van der Waals surface area contributed by atoms with Gasteiger partial charge in [-0.05, 0) is 30.7 Å². The molecule has 4 rings (SSSR count). The van der Waals surface area contributed by atoms with Crippen LogP contribution in [-0.4, -0.2) is 30.1 Å². The van der Waals surface area contributed by atoms with Crippen LogP contribution in [0.25, 0.3) is 22.6 Å². The van der Waals surface area contributed by atoms with Gasteiger partial charge < -0.3 is 14.0 Å². The molecule has 0 bridgehead atoms. The van der Waals surface area contributed by atoms with Crippen molar-refractivity contribution in [3.63, 3.8) is 0 Å². The normalized spacial score (nSPS) is 11.4. The monoisotopic (exact) mass is 355 g/mol. The molecule has 0 fully saturated rings. The summed E-state index contributed by atoms with van der Waals surface area (Å²) in [6.45, 7) is 0.665. The second-order valence-electron chi connectivity index (χ2n) is 5.64. The van der Waals surface area contributed by atoms with Crippen LogP contribution in [0.3, 0.4) is 0 Å². The van der Waals surface area contributed by atoms with Crippen molar-refractivity contribution in [2.75, 3.05) is 5.75 Å². The molecule has 0 aliphatic carbocycles. The second kappa shape index (κ2) is 6.64. The highest BCUT2D eigenvalue weighted by Crippen LogP contribution is 2.23. The zero-order chi connectivity index (χ0) is 17.2. The second-order valence-corrected chi connectivity index (χ2v) is 6.71. The van der Waals surface area contributed by atoms with Crippen molar-refractivity contribution in [3.8, 4) is 11.6 Å². The minimum atomic E-state index is -0.0648. The number of aryl methyl sites for hydroxylation is 1. The number of imidazole rings is 1. The number of para-hydroxylation sites is 2. The fourth-order valence-electron chi connectivity index (χ4n) is 2.78. The number of nitrogens with zero attached hydrogens (tertiary/aromatic N) is 4. The molecule has 0 unspecified atom stereocenters. The van der Waals surface area contributed by atoms with Crippen molar-refractivity contribution < 1.29 is 4.42 Å². The molecule has 0 spiro atoms. The van der Waals surface area contributed by atoms with E-state index < -0.39 is 0 Å². The predicted octanol–water partition coefficient (Wildman–Crippen LogP) is 2.90. The average molecular weight is 355 g/mol. The number of thioether (sulfide) groups is 1. The fourth-order valence-corrected chi connectivity index (χ4v) is 3.61. The summed E-state index contributed by atoms with van der Waals surface area (Å²) in [5, 5.41) is 9.23. The number of furan rings is 1. The highest BCUT2D eigenvalue weighted by atomic mass is 32.2. The van der Waals surface area contributed by atoms with Gasteiger partial charge in [0.1, 0.15) is 0 Å². The van der Waals surface area contributed by atoms with Gasteiger partial charge >= 0.3 is 5.69 Å². The smallest absolute Gasteiger partial charge is 0.326 e. The van der Waals surface area contributed by atoms with Crippen molar-refractivity contribution in [2.45, 2.75) is 18.1 Å². The molecule has 128 valence electrons. The standard InChI is InChI=1S/C17H17N5O2S/c1-21-15(14-8-4-10-24-14)19-20-17(21)25-11-5-9-22-13-7-3-2-6-12(13)18-16(22)23/h2-4,6-8,10H,5,9,11H2,1H3,(H,18,23). The van der Waals surface area contributed by atoms with Gasteiger partial charge in [0.05, 0.1) is 17.3 Å². The van der Waals surface area contributed by atoms with E-state index in [1.54, 1.807) is 22.6 Å². The van der Waals surface area contributed by atoms with E-state index in [1.807, 2.05) is 48.0 Å². The van der Waals surface area contributed by atoms with Gasteiger partial charge in [-0.25, -0.2) is 4.79 Å². The average Bonchev–Trinajstić information content (AvgIpc) is 3.32.